The zero-order valence-corrected chi connectivity index (χ0v) is 10.5. The van der Waals surface area contributed by atoms with E-state index in [0.717, 1.165) is 16.6 Å². The number of aromatic nitrogens is 2. The van der Waals surface area contributed by atoms with Gasteiger partial charge in [0, 0.05) is 29.5 Å². The second-order valence-corrected chi connectivity index (χ2v) is 4.49. The monoisotopic (exact) mass is 272 g/mol. The minimum Gasteiger partial charge on any atom is -0.478 e. The van der Waals surface area contributed by atoms with Crippen LogP contribution in [0.4, 0.5) is 0 Å². The molecule has 0 fully saturated rings. The van der Waals surface area contributed by atoms with Crippen molar-refractivity contribution in [3.63, 3.8) is 0 Å². The van der Waals surface area contributed by atoms with Crippen LogP contribution in [0.3, 0.4) is 0 Å². The molecule has 0 atom stereocenters. The Kier molecular flexibility index (Phi) is 2.72. The molecule has 0 aliphatic heterocycles. The van der Waals surface area contributed by atoms with Crippen molar-refractivity contribution in [2.45, 2.75) is 0 Å². The van der Waals surface area contributed by atoms with Gasteiger partial charge in [-0.2, -0.15) is 0 Å². The summed E-state index contributed by atoms with van der Waals surface area (Å²) in [4.78, 5) is 14.8. The summed E-state index contributed by atoms with van der Waals surface area (Å²) in [6, 6.07) is 10.4. The molecule has 2 heterocycles. The number of hydrogen-bond donors (Lipinski definition) is 1. The van der Waals surface area contributed by atoms with Crippen molar-refractivity contribution in [3.8, 4) is 5.69 Å². The molecule has 94 valence electrons. The van der Waals surface area contributed by atoms with Gasteiger partial charge >= 0.3 is 5.97 Å². The van der Waals surface area contributed by atoms with Crippen LogP contribution in [0.15, 0.2) is 48.8 Å². The minimum atomic E-state index is -0.934. The van der Waals surface area contributed by atoms with E-state index < -0.39 is 5.97 Å². The number of carboxylic acids is 1. The molecule has 0 radical (unpaired) electrons. The van der Waals surface area contributed by atoms with E-state index in [0.29, 0.717) is 5.15 Å². The molecule has 0 spiro atoms. The Hall–Kier alpha value is -2.33. The summed E-state index contributed by atoms with van der Waals surface area (Å²) in [7, 11) is 0. The van der Waals surface area contributed by atoms with Gasteiger partial charge in [-0.25, -0.2) is 9.78 Å². The molecule has 0 amide bonds. The Morgan fingerprint density at radius 3 is 2.63 bits per heavy atom. The maximum atomic E-state index is 10.8. The quantitative estimate of drug-likeness (QED) is 0.728. The highest BCUT2D eigenvalue weighted by Crippen LogP contribution is 2.22. The van der Waals surface area contributed by atoms with Crippen LogP contribution in [0.1, 0.15) is 10.4 Å². The van der Waals surface area contributed by atoms with E-state index in [9.17, 15) is 4.79 Å². The zero-order valence-electron chi connectivity index (χ0n) is 9.75. The van der Waals surface area contributed by atoms with Crippen molar-refractivity contribution in [1.29, 1.82) is 0 Å². The predicted octanol–water partition coefficient (Wildman–Crippen LogP) is 3.38. The highest BCUT2D eigenvalue weighted by Gasteiger charge is 2.06. The molecular weight excluding hydrogens is 264 g/mol. The van der Waals surface area contributed by atoms with Crippen LogP contribution in [0, 0.1) is 0 Å². The van der Waals surface area contributed by atoms with Crippen molar-refractivity contribution in [2.75, 3.05) is 0 Å². The number of pyridine rings is 1. The van der Waals surface area contributed by atoms with E-state index in [1.807, 2.05) is 16.8 Å². The molecule has 0 aliphatic carbocycles. The van der Waals surface area contributed by atoms with E-state index >= 15 is 0 Å². The molecule has 5 heteroatoms. The van der Waals surface area contributed by atoms with Crippen LogP contribution in [0.25, 0.3) is 16.6 Å². The molecule has 0 saturated carbocycles. The Balaban J connectivity index is 2.13. The maximum Gasteiger partial charge on any atom is 0.335 e. The summed E-state index contributed by atoms with van der Waals surface area (Å²) in [5.41, 5.74) is 2.07. The topological polar surface area (TPSA) is 55.1 Å². The first-order valence-electron chi connectivity index (χ1n) is 5.61. The summed E-state index contributed by atoms with van der Waals surface area (Å²) in [5, 5.41) is 10.3. The smallest absolute Gasteiger partial charge is 0.335 e. The van der Waals surface area contributed by atoms with Gasteiger partial charge in [-0.05, 0) is 30.3 Å². The highest BCUT2D eigenvalue weighted by atomic mass is 35.5. The number of halogens is 1. The average molecular weight is 273 g/mol. The largest absolute Gasteiger partial charge is 0.478 e. The van der Waals surface area contributed by atoms with E-state index in [1.54, 1.807) is 36.5 Å². The van der Waals surface area contributed by atoms with Gasteiger partial charge in [0.25, 0.3) is 0 Å². The number of nitrogens with zero attached hydrogens (tertiary/aromatic N) is 2. The van der Waals surface area contributed by atoms with Gasteiger partial charge < -0.3 is 9.67 Å². The number of aromatic carboxylic acids is 1. The maximum absolute atomic E-state index is 10.8. The van der Waals surface area contributed by atoms with E-state index in [1.165, 1.54) is 0 Å². The third-order valence-corrected chi connectivity index (χ3v) is 3.14. The molecule has 0 unspecified atom stereocenters. The van der Waals surface area contributed by atoms with Crippen LogP contribution < -0.4 is 0 Å². The Bertz CT molecular complexity index is 763. The number of carbonyl (C=O) groups is 1. The molecule has 4 nitrogen and oxygen atoms in total. The lowest BCUT2D eigenvalue weighted by atomic mass is 10.2. The second-order valence-electron chi connectivity index (χ2n) is 4.10. The molecular formula is C14H9ClN2O2. The van der Waals surface area contributed by atoms with Crippen molar-refractivity contribution >= 4 is 28.5 Å². The average Bonchev–Trinajstić information content (AvgIpc) is 2.81. The number of benzene rings is 1. The zero-order chi connectivity index (χ0) is 13.4. The molecule has 0 bridgehead atoms. The fourth-order valence-electron chi connectivity index (χ4n) is 1.99. The van der Waals surface area contributed by atoms with Crippen molar-refractivity contribution in [3.05, 3.63) is 59.5 Å². The van der Waals surface area contributed by atoms with Gasteiger partial charge in [0.2, 0.25) is 0 Å². The molecule has 19 heavy (non-hydrogen) atoms. The standard InChI is InChI=1S/C14H9ClN2O2/c15-13-7-12-10(8-16-13)5-6-17(12)11-3-1-9(2-4-11)14(18)19/h1-8H,(H,18,19). The molecule has 1 aromatic carbocycles. The summed E-state index contributed by atoms with van der Waals surface area (Å²) >= 11 is 5.90. The summed E-state index contributed by atoms with van der Waals surface area (Å²) < 4.78 is 1.94. The van der Waals surface area contributed by atoms with Crippen molar-refractivity contribution in [1.82, 2.24) is 9.55 Å². The Morgan fingerprint density at radius 1 is 1.21 bits per heavy atom. The number of rotatable bonds is 2. The first-order valence-corrected chi connectivity index (χ1v) is 5.99. The predicted molar refractivity (Wildman–Crippen MR) is 73.0 cm³/mol. The Labute approximate surface area is 113 Å². The van der Waals surface area contributed by atoms with Gasteiger partial charge in [0.15, 0.2) is 0 Å². The number of hydrogen-bond acceptors (Lipinski definition) is 2. The molecule has 0 saturated heterocycles. The molecule has 1 N–H and O–H groups in total. The second kappa shape index (κ2) is 4.40. The lowest BCUT2D eigenvalue weighted by molar-refractivity contribution is 0.0697. The van der Waals surface area contributed by atoms with Gasteiger partial charge in [0.1, 0.15) is 5.15 Å². The van der Waals surface area contributed by atoms with Crippen LogP contribution >= 0.6 is 11.6 Å². The van der Waals surface area contributed by atoms with E-state index in [4.69, 9.17) is 16.7 Å². The van der Waals surface area contributed by atoms with Gasteiger partial charge in [-0.15, -0.1) is 0 Å². The SMILES string of the molecule is O=C(O)c1ccc(-n2ccc3cnc(Cl)cc32)cc1. The van der Waals surface area contributed by atoms with Crippen LogP contribution in [0.2, 0.25) is 5.15 Å². The van der Waals surface area contributed by atoms with E-state index in [-0.39, 0.29) is 5.56 Å². The minimum absolute atomic E-state index is 0.264. The first kappa shape index (κ1) is 11.7. The van der Waals surface area contributed by atoms with Gasteiger partial charge in [-0.3, -0.25) is 0 Å². The summed E-state index contributed by atoms with van der Waals surface area (Å²) in [6.07, 6.45) is 3.61. The summed E-state index contributed by atoms with van der Waals surface area (Å²) in [6.45, 7) is 0. The summed E-state index contributed by atoms with van der Waals surface area (Å²) in [5.74, 6) is -0.934. The lowest BCUT2D eigenvalue weighted by Crippen LogP contribution is -1.97. The third kappa shape index (κ3) is 2.06. The molecule has 2 aromatic heterocycles. The molecule has 0 aliphatic rings. The van der Waals surface area contributed by atoms with Crippen molar-refractivity contribution in [2.24, 2.45) is 0 Å². The molecule has 3 aromatic rings. The Morgan fingerprint density at radius 2 is 1.95 bits per heavy atom. The first-order chi connectivity index (χ1) is 9.15. The highest BCUT2D eigenvalue weighted by molar-refractivity contribution is 6.30. The van der Waals surface area contributed by atoms with Crippen LogP contribution in [0.5, 0.6) is 0 Å². The lowest BCUT2D eigenvalue weighted by Gasteiger charge is -2.06. The fraction of sp³-hybridized carbons (Fsp3) is 0. The number of fused-ring (bicyclic) bond motifs is 1. The van der Waals surface area contributed by atoms with Gasteiger partial charge in [-0.1, -0.05) is 11.6 Å². The fourth-order valence-corrected chi connectivity index (χ4v) is 2.14. The van der Waals surface area contributed by atoms with Crippen LogP contribution in [-0.4, -0.2) is 20.6 Å². The normalized spacial score (nSPS) is 10.8. The van der Waals surface area contributed by atoms with E-state index in [2.05, 4.69) is 4.98 Å². The molecule has 3 rings (SSSR count). The van der Waals surface area contributed by atoms with Crippen LogP contribution in [-0.2, 0) is 0 Å². The van der Waals surface area contributed by atoms with Gasteiger partial charge in [0.05, 0.1) is 11.1 Å². The number of carboxylic acid groups (broad SMARTS) is 1. The third-order valence-electron chi connectivity index (χ3n) is 2.93. The van der Waals surface area contributed by atoms with Crippen molar-refractivity contribution < 1.29 is 9.90 Å².